The fourth-order valence-electron chi connectivity index (χ4n) is 2.23. The molecule has 2 aromatic rings. The Labute approximate surface area is 131 Å². The molecule has 0 fully saturated rings. The third kappa shape index (κ3) is 5.15. The molecule has 0 amide bonds. The molecule has 0 spiro atoms. The van der Waals surface area contributed by atoms with Crippen LogP contribution < -0.4 is 10.1 Å². The predicted octanol–water partition coefficient (Wildman–Crippen LogP) is 1.03. The van der Waals surface area contributed by atoms with E-state index in [0.29, 0.717) is 13.1 Å². The third-order valence-electron chi connectivity index (χ3n) is 3.54. The largest absolute Gasteiger partial charge is 0.490 e. The zero-order chi connectivity index (χ0) is 15.8. The highest BCUT2D eigenvalue weighted by Gasteiger charge is 2.12. The highest BCUT2D eigenvalue weighted by Crippen LogP contribution is 2.16. The second-order valence-corrected chi connectivity index (χ2v) is 5.42. The molecule has 118 valence electrons. The molecule has 0 aliphatic carbocycles. The Kier molecular flexibility index (Phi) is 6.40. The molecule has 4 nitrogen and oxygen atoms in total. The molecule has 0 aliphatic heterocycles. The number of ether oxygens (including phenoxy) is 1. The number of para-hydroxylation sites is 1. The maximum absolute atomic E-state index is 10.0. The average molecular weight is 302 g/mol. The minimum Gasteiger partial charge on any atom is -0.490 e. The molecule has 0 bridgehead atoms. The van der Waals surface area contributed by atoms with Crippen molar-refractivity contribution >= 4 is 0 Å². The molecule has 0 heterocycles. The summed E-state index contributed by atoms with van der Waals surface area (Å²) in [6.45, 7) is 3.24. The third-order valence-corrected chi connectivity index (χ3v) is 3.54. The maximum Gasteiger partial charge on any atom is 0.137 e. The van der Waals surface area contributed by atoms with E-state index in [4.69, 9.17) is 4.74 Å². The van der Waals surface area contributed by atoms with Crippen LogP contribution >= 0.6 is 0 Å². The van der Waals surface area contributed by atoms with Crippen molar-refractivity contribution in [3.63, 3.8) is 0 Å². The molecule has 0 saturated carbocycles. The molecule has 0 aromatic heterocycles. The molecule has 2 aromatic carbocycles. The van der Waals surface area contributed by atoms with Crippen LogP contribution in [0.25, 0.3) is 0 Å². The van der Waals surface area contributed by atoms with E-state index in [1.165, 1.54) is 0 Å². The van der Waals surface area contributed by atoms with Gasteiger partial charge in [-0.3, -0.25) is 0 Å². The van der Waals surface area contributed by atoms with Crippen LogP contribution in [0.3, 0.4) is 0 Å². The first-order valence-corrected chi connectivity index (χ1v) is 7.58. The van der Waals surface area contributed by atoms with Crippen molar-refractivity contribution in [3.8, 4) is 5.75 Å². The van der Waals surface area contributed by atoms with Crippen LogP contribution in [0.4, 0.5) is 0 Å². The summed E-state index contributed by atoms with van der Waals surface area (Å²) in [5.74, 6) is 0.797. The van der Waals surface area contributed by atoms with Crippen molar-refractivity contribution in [2.45, 2.75) is 19.1 Å². The summed E-state index contributed by atoms with van der Waals surface area (Å²) < 4.78 is 5.61. The summed E-state index contributed by atoms with van der Waals surface area (Å²) in [6, 6.07) is 17.3. The standard InChI is InChI=1S/C18H23NO3/c1-14-7-5-6-10-18(14)22-13-16(20)11-19-12-17(21)15-8-3-2-4-9-15/h2-10,16-17,19-21H,11-13H2,1H3/p+1/t16-,17+/m1/s1. The van der Waals surface area contributed by atoms with Crippen LogP contribution in [0.15, 0.2) is 54.6 Å². The van der Waals surface area contributed by atoms with Crippen LogP contribution in [-0.2, 0) is 0 Å². The van der Waals surface area contributed by atoms with Crippen molar-refractivity contribution in [1.82, 2.24) is 0 Å². The molecule has 0 radical (unpaired) electrons. The molecule has 0 saturated heterocycles. The second-order valence-electron chi connectivity index (χ2n) is 5.42. The first-order valence-electron chi connectivity index (χ1n) is 7.58. The number of nitrogens with two attached hydrogens (primary N) is 1. The number of aliphatic hydroxyl groups excluding tert-OH is 2. The highest BCUT2D eigenvalue weighted by atomic mass is 16.5. The quantitative estimate of drug-likeness (QED) is 0.682. The monoisotopic (exact) mass is 302 g/mol. The predicted molar refractivity (Wildman–Crippen MR) is 85.7 cm³/mol. The highest BCUT2D eigenvalue weighted by molar-refractivity contribution is 5.31. The van der Waals surface area contributed by atoms with Crippen molar-refractivity contribution in [2.75, 3.05) is 19.7 Å². The van der Waals surface area contributed by atoms with Gasteiger partial charge in [0.25, 0.3) is 0 Å². The van der Waals surface area contributed by atoms with Crippen molar-refractivity contribution in [2.24, 2.45) is 0 Å². The van der Waals surface area contributed by atoms with E-state index in [9.17, 15) is 10.2 Å². The second kappa shape index (κ2) is 8.54. The van der Waals surface area contributed by atoms with E-state index >= 15 is 0 Å². The van der Waals surface area contributed by atoms with Crippen LogP contribution in [0.1, 0.15) is 17.2 Å². The van der Waals surface area contributed by atoms with E-state index in [2.05, 4.69) is 0 Å². The minimum absolute atomic E-state index is 0.253. The number of aryl methyl sites for hydroxylation is 1. The minimum atomic E-state index is -0.567. The van der Waals surface area contributed by atoms with Crippen LogP contribution in [0.5, 0.6) is 5.75 Å². The normalized spacial score (nSPS) is 13.6. The number of aliphatic hydroxyl groups is 2. The first kappa shape index (κ1) is 16.5. The number of hydrogen-bond donors (Lipinski definition) is 3. The smallest absolute Gasteiger partial charge is 0.137 e. The molecule has 0 unspecified atom stereocenters. The lowest BCUT2D eigenvalue weighted by Crippen LogP contribution is -2.87. The van der Waals surface area contributed by atoms with Gasteiger partial charge in [0.1, 0.15) is 37.7 Å². The zero-order valence-corrected chi connectivity index (χ0v) is 12.9. The molecular weight excluding hydrogens is 278 g/mol. The van der Waals surface area contributed by atoms with E-state index in [1.54, 1.807) is 0 Å². The van der Waals surface area contributed by atoms with Crippen LogP contribution in [0.2, 0.25) is 0 Å². The molecule has 0 aliphatic rings. The molecule has 2 rings (SSSR count). The summed E-state index contributed by atoms with van der Waals surface area (Å²) in [4.78, 5) is 0. The molecule has 2 atom stereocenters. The first-order chi connectivity index (χ1) is 10.7. The lowest BCUT2D eigenvalue weighted by Gasteiger charge is -2.14. The van der Waals surface area contributed by atoms with Crippen LogP contribution in [0, 0.1) is 6.92 Å². The Morgan fingerprint density at radius 1 is 0.955 bits per heavy atom. The van der Waals surface area contributed by atoms with Gasteiger partial charge in [-0.05, 0) is 24.1 Å². The Hall–Kier alpha value is -1.88. The SMILES string of the molecule is Cc1ccccc1OC[C@H](O)C[NH2+]C[C@H](O)c1ccccc1. The van der Waals surface area contributed by atoms with E-state index < -0.39 is 12.2 Å². The van der Waals surface area contributed by atoms with Gasteiger partial charge < -0.3 is 20.3 Å². The van der Waals surface area contributed by atoms with Crippen LogP contribution in [-0.4, -0.2) is 36.0 Å². The Bertz CT molecular complexity index is 559. The summed E-state index contributed by atoms with van der Waals surface area (Å²) in [6.07, 6.45) is -1.09. The van der Waals surface area contributed by atoms with Gasteiger partial charge in [-0.1, -0.05) is 48.5 Å². The number of hydrogen-bond acceptors (Lipinski definition) is 3. The fraction of sp³-hybridized carbons (Fsp3) is 0.333. The fourth-order valence-corrected chi connectivity index (χ4v) is 2.23. The van der Waals surface area contributed by atoms with E-state index in [1.807, 2.05) is 66.8 Å². The van der Waals surface area contributed by atoms with Gasteiger partial charge in [0.15, 0.2) is 0 Å². The Morgan fingerprint density at radius 2 is 1.64 bits per heavy atom. The van der Waals surface area contributed by atoms with Gasteiger partial charge in [0.05, 0.1) is 0 Å². The summed E-state index contributed by atoms with van der Waals surface area (Å²) >= 11 is 0. The van der Waals surface area contributed by atoms with Gasteiger partial charge in [-0.2, -0.15) is 0 Å². The maximum atomic E-state index is 10.0. The molecule has 22 heavy (non-hydrogen) atoms. The zero-order valence-electron chi connectivity index (χ0n) is 12.9. The van der Waals surface area contributed by atoms with Gasteiger partial charge in [-0.15, -0.1) is 0 Å². The van der Waals surface area contributed by atoms with Gasteiger partial charge in [0, 0.05) is 0 Å². The summed E-state index contributed by atoms with van der Waals surface area (Å²) in [5, 5.41) is 21.9. The number of quaternary nitrogens is 1. The summed E-state index contributed by atoms with van der Waals surface area (Å²) in [7, 11) is 0. The Morgan fingerprint density at radius 3 is 2.36 bits per heavy atom. The van der Waals surface area contributed by atoms with Gasteiger partial charge in [-0.25, -0.2) is 0 Å². The number of rotatable bonds is 8. The van der Waals surface area contributed by atoms with Crippen molar-refractivity contribution in [1.29, 1.82) is 0 Å². The summed E-state index contributed by atoms with van der Waals surface area (Å²) in [5.41, 5.74) is 1.95. The molecule has 4 N–H and O–H groups in total. The lowest BCUT2D eigenvalue weighted by atomic mass is 10.1. The lowest BCUT2D eigenvalue weighted by molar-refractivity contribution is -0.668. The van der Waals surface area contributed by atoms with E-state index in [-0.39, 0.29) is 6.61 Å². The molecular formula is C18H24NO3+. The molecule has 4 heteroatoms. The van der Waals surface area contributed by atoms with Gasteiger partial charge >= 0.3 is 0 Å². The number of benzene rings is 2. The van der Waals surface area contributed by atoms with Crippen molar-refractivity contribution < 1.29 is 20.3 Å². The van der Waals surface area contributed by atoms with Crippen molar-refractivity contribution in [3.05, 3.63) is 65.7 Å². The van der Waals surface area contributed by atoms with E-state index in [0.717, 1.165) is 16.9 Å². The average Bonchev–Trinajstić information content (AvgIpc) is 2.55. The topological polar surface area (TPSA) is 66.3 Å². The van der Waals surface area contributed by atoms with Gasteiger partial charge in [0.2, 0.25) is 0 Å². The Balaban J connectivity index is 1.68.